The molecule has 0 aliphatic carbocycles. The van der Waals surface area contributed by atoms with Crippen molar-refractivity contribution in [1.29, 1.82) is 0 Å². The summed E-state index contributed by atoms with van der Waals surface area (Å²) in [5, 5.41) is 0. The molecule has 0 spiro atoms. The van der Waals surface area contributed by atoms with Gasteiger partial charge in [-0.2, -0.15) is 0 Å². The molecule has 0 rings (SSSR count). The van der Waals surface area contributed by atoms with E-state index in [1.54, 1.807) is 0 Å². The van der Waals surface area contributed by atoms with E-state index in [-0.39, 0.29) is 5.60 Å². The predicted molar refractivity (Wildman–Crippen MR) is 58.9 cm³/mol. The van der Waals surface area contributed by atoms with Crippen LogP contribution in [0.2, 0.25) is 0 Å². The molecule has 13 heavy (non-hydrogen) atoms. The van der Waals surface area contributed by atoms with Gasteiger partial charge in [-0.25, -0.2) is 0 Å². The molecule has 0 aromatic carbocycles. The maximum atomic E-state index is 5.52. The van der Waals surface area contributed by atoms with Gasteiger partial charge in [0.1, 0.15) is 0 Å². The van der Waals surface area contributed by atoms with E-state index in [0.717, 1.165) is 18.3 Å². The fraction of sp³-hybridized carbons (Fsp3) is 1.00. The second-order valence-corrected chi connectivity index (χ2v) is 4.77. The molecule has 0 aromatic rings. The van der Waals surface area contributed by atoms with Gasteiger partial charge in [-0.15, -0.1) is 0 Å². The lowest BCUT2D eigenvalue weighted by Crippen LogP contribution is -2.27. The maximum Gasteiger partial charge on any atom is 0.0648 e. The van der Waals surface area contributed by atoms with Crippen LogP contribution in [0.25, 0.3) is 0 Å². The molecule has 0 saturated heterocycles. The van der Waals surface area contributed by atoms with Crippen LogP contribution >= 0.6 is 0 Å². The molecule has 0 amide bonds. The first kappa shape index (κ1) is 13.0. The van der Waals surface area contributed by atoms with E-state index in [1.807, 2.05) is 7.11 Å². The first-order valence-corrected chi connectivity index (χ1v) is 5.50. The van der Waals surface area contributed by atoms with Crippen molar-refractivity contribution in [2.24, 2.45) is 11.8 Å². The average Bonchev–Trinajstić information content (AvgIpc) is 2.13. The van der Waals surface area contributed by atoms with Crippen molar-refractivity contribution in [3.8, 4) is 0 Å². The molecule has 0 fully saturated rings. The van der Waals surface area contributed by atoms with Gasteiger partial charge in [0.2, 0.25) is 0 Å². The maximum absolute atomic E-state index is 5.52. The van der Waals surface area contributed by atoms with Gasteiger partial charge in [-0.3, -0.25) is 0 Å². The molecule has 1 nitrogen and oxygen atoms in total. The monoisotopic (exact) mass is 186 g/mol. The molecule has 0 heterocycles. The van der Waals surface area contributed by atoms with Gasteiger partial charge in [-0.1, -0.05) is 27.7 Å². The molecule has 0 aromatic heterocycles. The van der Waals surface area contributed by atoms with Gasteiger partial charge >= 0.3 is 0 Å². The molecule has 1 heteroatoms. The summed E-state index contributed by atoms with van der Waals surface area (Å²) in [6.07, 6.45) is 3.56. The third-order valence-corrected chi connectivity index (χ3v) is 3.51. The van der Waals surface area contributed by atoms with Crippen molar-refractivity contribution >= 4 is 0 Å². The fourth-order valence-electron chi connectivity index (χ4n) is 1.29. The first-order valence-electron chi connectivity index (χ1n) is 5.50. The third-order valence-electron chi connectivity index (χ3n) is 3.51. The van der Waals surface area contributed by atoms with Crippen LogP contribution in [0.5, 0.6) is 0 Å². The van der Waals surface area contributed by atoms with Crippen molar-refractivity contribution in [2.45, 2.75) is 59.5 Å². The Bertz CT molecular complexity index is 125. The standard InChI is InChI=1S/C12H26O/c1-7-12(5,13-6)9-8-11(4)10(2)3/h10-11H,7-9H2,1-6H3. The Balaban J connectivity index is 3.85. The smallest absolute Gasteiger partial charge is 0.0648 e. The third kappa shape index (κ3) is 4.66. The minimum Gasteiger partial charge on any atom is -0.379 e. The van der Waals surface area contributed by atoms with Gasteiger partial charge in [0, 0.05) is 7.11 Å². The first-order chi connectivity index (χ1) is 5.95. The molecule has 80 valence electrons. The van der Waals surface area contributed by atoms with Gasteiger partial charge in [0.15, 0.2) is 0 Å². The van der Waals surface area contributed by atoms with E-state index < -0.39 is 0 Å². The molecule has 0 saturated carbocycles. The zero-order chi connectivity index (χ0) is 10.5. The SMILES string of the molecule is CCC(C)(CCC(C)C(C)C)OC. The molecule has 2 atom stereocenters. The zero-order valence-corrected chi connectivity index (χ0v) is 10.2. The van der Waals surface area contributed by atoms with E-state index >= 15 is 0 Å². The van der Waals surface area contributed by atoms with Gasteiger partial charge < -0.3 is 4.74 Å². The van der Waals surface area contributed by atoms with Crippen molar-refractivity contribution in [1.82, 2.24) is 0 Å². The molecular weight excluding hydrogens is 160 g/mol. The average molecular weight is 186 g/mol. The van der Waals surface area contributed by atoms with E-state index in [0.29, 0.717) is 0 Å². The van der Waals surface area contributed by atoms with Crippen LogP contribution in [0.4, 0.5) is 0 Å². The summed E-state index contributed by atoms with van der Waals surface area (Å²) in [4.78, 5) is 0. The van der Waals surface area contributed by atoms with Crippen LogP contribution in [0.15, 0.2) is 0 Å². The van der Waals surface area contributed by atoms with Crippen LogP contribution in [-0.2, 0) is 4.74 Å². The second-order valence-electron chi connectivity index (χ2n) is 4.77. The Morgan fingerprint density at radius 1 is 1.23 bits per heavy atom. The highest BCUT2D eigenvalue weighted by molar-refractivity contribution is 4.74. The van der Waals surface area contributed by atoms with Crippen molar-refractivity contribution in [3.63, 3.8) is 0 Å². The molecule has 0 radical (unpaired) electrons. The number of rotatable bonds is 6. The summed E-state index contributed by atoms with van der Waals surface area (Å²) in [6, 6.07) is 0. The highest BCUT2D eigenvalue weighted by Crippen LogP contribution is 2.25. The molecule has 0 aliphatic rings. The van der Waals surface area contributed by atoms with Crippen LogP contribution in [-0.4, -0.2) is 12.7 Å². The van der Waals surface area contributed by atoms with Crippen LogP contribution in [0, 0.1) is 11.8 Å². The topological polar surface area (TPSA) is 9.23 Å². The normalized spacial score (nSPS) is 18.7. The fourth-order valence-corrected chi connectivity index (χ4v) is 1.29. The van der Waals surface area contributed by atoms with E-state index in [2.05, 4.69) is 34.6 Å². The quantitative estimate of drug-likeness (QED) is 0.612. The van der Waals surface area contributed by atoms with Crippen LogP contribution < -0.4 is 0 Å². The minimum atomic E-state index is 0.100. The van der Waals surface area contributed by atoms with Crippen molar-refractivity contribution in [3.05, 3.63) is 0 Å². The molecular formula is C12H26O. The van der Waals surface area contributed by atoms with Crippen molar-refractivity contribution in [2.75, 3.05) is 7.11 Å². The Morgan fingerprint density at radius 2 is 1.77 bits per heavy atom. The Morgan fingerprint density at radius 3 is 2.08 bits per heavy atom. The number of hydrogen-bond acceptors (Lipinski definition) is 1. The summed E-state index contributed by atoms with van der Waals surface area (Å²) < 4.78 is 5.52. The van der Waals surface area contributed by atoms with Gasteiger partial charge in [0.25, 0.3) is 0 Å². The molecule has 0 N–H and O–H groups in total. The highest BCUT2D eigenvalue weighted by Gasteiger charge is 2.22. The van der Waals surface area contributed by atoms with Crippen molar-refractivity contribution < 1.29 is 4.74 Å². The number of methoxy groups -OCH3 is 1. The number of hydrogen-bond donors (Lipinski definition) is 0. The summed E-state index contributed by atoms with van der Waals surface area (Å²) >= 11 is 0. The predicted octanol–water partition coefficient (Wildman–Crippen LogP) is 3.87. The van der Waals surface area contributed by atoms with Gasteiger partial charge in [-0.05, 0) is 38.0 Å². The minimum absolute atomic E-state index is 0.100. The lowest BCUT2D eigenvalue weighted by atomic mass is 9.87. The van der Waals surface area contributed by atoms with E-state index in [9.17, 15) is 0 Å². The lowest BCUT2D eigenvalue weighted by Gasteiger charge is -2.28. The van der Waals surface area contributed by atoms with Crippen LogP contribution in [0.3, 0.4) is 0 Å². The Hall–Kier alpha value is -0.0400. The lowest BCUT2D eigenvalue weighted by molar-refractivity contribution is -0.00974. The summed E-state index contributed by atoms with van der Waals surface area (Å²) in [7, 11) is 1.82. The molecule has 0 bridgehead atoms. The largest absolute Gasteiger partial charge is 0.379 e. The second kappa shape index (κ2) is 5.64. The Labute approximate surface area is 83.9 Å². The Kier molecular flexibility index (Phi) is 5.62. The zero-order valence-electron chi connectivity index (χ0n) is 10.2. The summed E-state index contributed by atoms with van der Waals surface area (Å²) in [6.45, 7) is 11.3. The highest BCUT2D eigenvalue weighted by atomic mass is 16.5. The molecule has 2 unspecified atom stereocenters. The molecule has 0 aliphatic heterocycles. The van der Waals surface area contributed by atoms with Crippen LogP contribution in [0.1, 0.15) is 53.9 Å². The van der Waals surface area contributed by atoms with E-state index in [4.69, 9.17) is 4.74 Å². The summed E-state index contributed by atoms with van der Waals surface area (Å²) in [5.41, 5.74) is 0.100. The summed E-state index contributed by atoms with van der Waals surface area (Å²) in [5.74, 6) is 1.60. The van der Waals surface area contributed by atoms with E-state index in [1.165, 1.54) is 12.8 Å². The van der Waals surface area contributed by atoms with Gasteiger partial charge in [0.05, 0.1) is 5.60 Å². The number of ether oxygens (including phenoxy) is 1.